The van der Waals surface area contributed by atoms with Crippen molar-refractivity contribution in [3.63, 3.8) is 0 Å². The molecule has 0 amide bonds. The van der Waals surface area contributed by atoms with Crippen LogP contribution < -0.4 is 0 Å². The first-order valence-electron chi connectivity index (χ1n) is 7.76. The Kier molecular flexibility index (Phi) is 4.81. The van der Waals surface area contributed by atoms with Crippen molar-refractivity contribution in [2.24, 2.45) is 0 Å². The van der Waals surface area contributed by atoms with Crippen molar-refractivity contribution >= 4 is 11.6 Å². The fourth-order valence-electron chi connectivity index (χ4n) is 3.10. The van der Waals surface area contributed by atoms with E-state index in [4.69, 9.17) is 16.0 Å². The molecule has 0 spiro atoms. The SMILES string of the molecule is CC(O)C1CCCCN1Cc1coc(-c2cccc(Cl)c2)n1. The highest BCUT2D eigenvalue weighted by atomic mass is 35.5. The molecular weight excluding hydrogens is 300 g/mol. The van der Waals surface area contributed by atoms with Crippen LogP contribution in [-0.4, -0.2) is 33.7 Å². The standard InChI is InChI=1S/C17H21ClN2O2/c1-12(21)16-7-2-3-8-20(16)10-15-11-22-17(19-15)13-5-4-6-14(18)9-13/h4-6,9,11-12,16,21H,2-3,7-8,10H2,1H3. The summed E-state index contributed by atoms with van der Waals surface area (Å²) in [5, 5.41) is 10.6. The summed E-state index contributed by atoms with van der Waals surface area (Å²) in [5.74, 6) is 0.586. The molecule has 3 rings (SSSR count). The van der Waals surface area contributed by atoms with Crippen LogP contribution in [0.2, 0.25) is 5.02 Å². The van der Waals surface area contributed by atoms with Gasteiger partial charge in [0.1, 0.15) is 6.26 Å². The molecule has 22 heavy (non-hydrogen) atoms. The molecule has 1 aliphatic heterocycles. The van der Waals surface area contributed by atoms with E-state index in [1.165, 1.54) is 12.8 Å². The third kappa shape index (κ3) is 3.51. The van der Waals surface area contributed by atoms with Gasteiger partial charge in [0.2, 0.25) is 5.89 Å². The third-order valence-electron chi connectivity index (χ3n) is 4.21. The van der Waals surface area contributed by atoms with Gasteiger partial charge in [0.15, 0.2) is 0 Å². The molecule has 118 valence electrons. The molecule has 0 radical (unpaired) electrons. The summed E-state index contributed by atoms with van der Waals surface area (Å²) in [5.41, 5.74) is 1.77. The smallest absolute Gasteiger partial charge is 0.226 e. The third-order valence-corrected chi connectivity index (χ3v) is 4.44. The number of aliphatic hydroxyl groups excluding tert-OH is 1. The Morgan fingerprint density at radius 1 is 1.45 bits per heavy atom. The Balaban J connectivity index is 1.73. The van der Waals surface area contributed by atoms with Crippen LogP contribution >= 0.6 is 11.6 Å². The molecule has 0 aliphatic carbocycles. The molecular formula is C17H21ClN2O2. The maximum absolute atomic E-state index is 9.94. The number of rotatable bonds is 4. The van der Waals surface area contributed by atoms with E-state index in [1.54, 1.807) is 6.26 Å². The number of hydrogen-bond acceptors (Lipinski definition) is 4. The first kappa shape index (κ1) is 15.5. The zero-order chi connectivity index (χ0) is 15.5. The number of oxazole rings is 1. The number of aliphatic hydroxyl groups is 1. The first-order chi connectivity index (χ1) is 10.6. The van der Waals surface area contributed by atoms with E-state index < -0.39 is 0 Å². The number of halogens is 1. The lowest BCUT2D eigenvalue weighted by atomic mass is 9.98. The summed E-state index contributed by atoms with van der Waals surface area (Å²) in [7, 11) is 0. The monoisotopic (exact) mass is 320 g/mol. The first-order valence-corrected chi connectivity index (χ1v) is 8.14. The summed E-state index contributed by atoms with van der Waals surface area (Å²) in [6.45, 7) is 3.57. The Hall–Kier alpha value is -1.36. The maximum atomic E-state index is 9.94. The molecule has 1 fully saturated rings. The highest BCUT2D eigenvalue weighted by Crippen LogP contribution is 2.25. The van der Waals surface area contributed by atoms with Gasteiger partial charge in [-0.25, -0.2) is 4.98 Å². The van der Waals surface area contributed by atoms with Crippen LogP contribution in [0.15, 0.2) is 34.9 Å². The number of piperidine rings is 1. The van der Waals surface area contributed by atoms with Crippen LogP contribution in [-0.2, 0) is 6.54 Å². The van der Waals surface area contributed by atoms with Crippen molar-refractivity contribution in [1.82, 2.24) is 9.88 Å². The molecule has 1 N–H and O–H groups in total. The Labute approximate surface area is 135 Å². The molecule has 2 aromatic rings. The normalized spacial score (nSPS) is 21.0. The lowest BCUT2D eigenvalue weighted by molar-refractivity contribution is 0.0309. The second-order valence-electron chi connectivity index (χ2n) is 5.93. The van der Waals surface area contributed by atoms with E-state index in [0.29, 0.717) is 17.5 Å². The van der Waals surface area contributed by atoms with Crippen molar-refractivity contribution in [1.29, 1.82) is 0 Å². The summed E-state index contributed by atoms with van der Waals surface area (Å²) in [6, 6.07) is 7.70. The molecule has 1 saturated heterocycles. The molecule has 0 saturated carbocycles. The van der Waals surface area contributed by atoms with E-state index in [9.17, 15) is 5.11 Å². The van der Waals surface area contributed by atoms with Gasteiger partial charge in [-0.3, -0.25) is 4.90 Å². The maximum Gasteiger partial charge on any atom is 0.226 e. The van der Waals surface area contributed by atoms with E-state index in [-0.39, 0.29) is 12.1 Å². The summed E-state index contributed by atoms with van der Waals surface area (Å²) < 4.78 is 5.58. The van der Waals surface area contributed by atoms with Gasteiger partial charge in [-0.15, -0.1) is 0 Å². The summed E-state index contributed by atoms with van der Waals surface area (Å²) in [4.78, 5) is 6.86. The van der Waals surface area contributed by atoms with Crippen LogP contribution in [0.3, 0.4) is 0 Å². The minimum atomic E-state index is -0.320. The van der Waals surface area contributed by atoms with Crippen LogP contribution in [0.1, 0.15) is 31.9 Å². The Bertz CT molecular complexity index is 627. The van der Waals surface area contributed by atoms with Crippen molar-refractivity contribution < 1.29 is 9.52 Å². The zero-order valence-corrected chi connectivity index (χ0v) is 13.5. The topological polar surface area (TPSA) is 49.5 Å². The second kappa shape index (κ2) is 6.82. The largest absolute Gasteiger partial charge is 0.444 e. The van der Waals surface area contributed by atoms with E-state index in [1.807, 2.05) is 31.2 Å². The Morgan fingerprint density at radius 3 is 3.09 bits per heavy atom. The number of likely N-dealkylation sites (tertiary alicyclic amines) is 1. The van der Waals surface area contributed by atoms with Gasteiger partial charge >= 0.3 is 0 Å². The van der Waals surface area contributed by atoms with E-state index >= 15 is 0 Å². The highest BCUT2D eigenvalue weighted by Gasteiger charge is 2.26. The predicted octanol–water partition coefficient (Wildman–Crippen LogP) is 3.73. The van der Waals surface area contributed by atoms with Gasteiger partial charge in [0.25, 0.3) is 0 Å². The van der Waals surface area contributed by atoms with Crippen LogP contribution in [0.5, 0.6) is 0 Å². The van der Waals surface area contributed by atoms with Crippen LogP contribution in [0, 0.1) is 0 Å². The minimum absolute atomic E-state index is 0.208. The van der Waals surface area contributed by atoms with Gasteiger partial charge in [-0.2, -0.15) is 0 Å². The fourth-order valence-corrected chi connectivity index (χ4v) is 3.29. The molecule has 1 aliphatic rings. The molecule has 2 heterocycles. The number of aromatic nitrogens is 1. The van der Waals surface area contributed by atoms with Crippen molar-refractivity contribution in [2.75, 3.05) is 6.54 Å². The molecule has 0 bridgehead atoms. The van der Waals surface area contributed by atoms with Gasteiger partial charge in [-0.05, 0) is 44.5 Å². The van der Waals surface area contributed by atoms with Crippen LogP contribution in [0.25, 0.3) is 11.5 Å². The van der Waals surface area contributed by atoms with E-state index in [2.05, 4.69) is 9.88 Å². The fraction of sp³-hybridized carbons (Fsp3) is 0.471. The quantitative estimate of drug-likeness (QED) is 0.932. The second-order valence-corrected chi connectivity index (χ2v) is 6.36. The summed E-state index contributed by atoms with van der Waals surface area (Å²) in [6.07, 6.45) is 4.76. The van der Waals surface area contributed by atoms with E-state index in [0.717, 1.165) is 24.2 Å². The lowest BCUT2D eigenvalue weighted by Crippen LogP contribution is -2.45. The van der Waals surface area contributed by atoms with Gasteiger partial charge in [-0.1, -0.05) is 24.1 Å². The average molecular weight is 321 g/mol. The minimum Gasteiger partial charge on any atom is -0.444 e. The van der Waals surface area contributed by atoms with Crippen LogP contribution in [0.4, 0.5) is 0 Å². The zero-order valence-electron chi connectivity index (χ0n) is 12.7. The van der Waals surface area contributed by atoms with Crippen molar-refractivity contribution in [3.8, 4) is 11.5 Å². The molecule has 5 heteroatoms. The number of hydrogen-bond donors (Lipinski definition) is 1. The van der Waals surface area contributed by atoms with Crippen molar-refractivity contribution in [3.05, 3.63) is 41.2 Å². The van der Waals surface area contributed by atoms with Gasteiger partial charge < -0.3 is 9.52 Å². The Morgan fingerprint density at radius 2 is 2.32 bits per heavy atom. The lowest BCUT2D eigenvalue weighted by Gasteiger charge is -2.36. The molecule has 4 nitrogen and oxygen atoms in total. The van der Waals surface area contributed by atoms with Gasteiger partial charge in [0, 0.05) is 23.2 Å². The van der Waals surface area contributed by atoms with Crippen molar-refractivity contribution in [2.45, 2.75) is 44.9 Å². The molecule has 2 unspecified atom stereocenters. The average Bonchev–Trinajstić information content (AvgIpc) is 2.96. The molecule has 2 atom stereocenters. The number of nitrogens with zero attached hydrogens (tertiary/aromatic N) is 2. The predicted molar refractivity (Wildman–Crippen MR) is 86.7 cm³/mol. The molecule has 1 aromatic carbocycles. The van der Waals surface area contributed by atoms with Gasteiger partial charge in [0.05, 0.1) is 11.8 Å². The highest BCUT2D eigenvalue weighted by molar-refractivity contribution is 6.30. The molecule has 1 aromatic heterocycles. The summed E-state index contributed by atoms with van der Waals surface area (Å²) >= 11 is 6.01. The number of benzene rings is 1.